The van der Waals surface area contributed by atoms with Crippen LogP contribution in [0.1, 0.15) is 22.9 Å². The van der Waals surface area contributed by atoms with E-state index in [1.54, 1.807) is 0 Å². The minimum atomic E-state index is -0.213. The fourth-order valence-corrected chi connectivity index (χ4v) is 7.86. The second-order valence-electron chi connectivity index (χ2n) is 13.1. The zero-order chi connectivity index (χ0) is 33.9. The standard InChI is InChI=1S/C46H33N5/c1-49-45(32-18-7-3-8-19-32)47-44(31-16-5-2-6-17-31)48-46(49)33-20-15-23-35(30-33)51-39-26-13-11-24-36(39)37-28-29-41-42(43(37)51)38-25-12-14-27-40(38)50(41)34-21-9-4-10-22-34/h2-30,45H,1H3. The molecule has 0 aliphatic carbocycles. The third-order valence-corrected chi connectivity index (χ3v) is 10.1. The summed E-state index contributed by atoms with van der Waals surface area (Å²) in [6, 6.07) is 62.4. The molecule has 7 aromatic carbocycles. The second-order valence-corrected chi connectivity index (χ2v) is 13.1. The zero-order valence-corrected chi connectivity index (χ0v) is 28.1. The van der Waals surface area contributed by atoms with Crippen LogP contribution in [0.2, 0.25) is 0 Å². The van der Waals surface area contributed by atoms with Crippen molar-refractivity contribution in [2.24, 2.45) is 9.98 Å². The number of benzene rings is 7. The molecule has 0 radical (unpaired) electrons. The van der Waals surface area contributed by atoms with Crippen molar-refractivity contribution in [2.45, 2.75) is 6.17 Å². The predicted molar refractivity (Wildman–Crippen MR) is 212 cm³/mol. The van der Waals surface area contributed by atoms with E-state index in [4.69, 9.17) is 9.98 Å². The Bertz CT molecular complexity index is 2810. The van der Waals surface area contributed by atoms with E-state index in [1.807, 2.05) is 24.3 Å². The lowest BCUT2D eigenvalue weighted by atomic mass is 10.1. The monoisotopic (exact) mass is 655 g/mol. The number of fused-ring (bicyclic) bond motifs is 7. The number of amidine groups is 2. The Morgan fingerprint density at radius 3 is 1.84 bits per heavy atom. The van der Waals surface area contributed by atoms with Crippen LogP contribution in [0.3, 0.4) is 0 Å². The summed E-state index contributed by atoms with van der Waals surface area (Å²) in [5.74, 6) is 1.61. The van der Waals surface area contributed by atoms with Gasteiger partial charge in [-0.15, -0.1) is 0 Å². The number of rotatable bonds is 5. The van der Waals surface area contributed by atoms with Crippen molar-refractivity contribution in [1.82, 2.24) is 14.0 Å². The van der Waals surface area contributed by atoms with Crippen LogP contribution in [0, 0.1) is 0 Å². The van der Waals surface area contributed by atoms with Gasteiger partial charge < -0.3 is 14.0 Å². The molecular formula is C46H33N5. The Balaban J connectivity index is 1.23. The van der Waals surface area contributed by atoms with Crippen LogP contribution in [-0.2, 0) is 0 Å². The minimum Gasteiger partial charge on any atom is -0.333 e. The number of nitrogens with zero attached hydrogens (tertiary/aromatic N) is 5. The SMILES string of the molecule is CN1C(c2cccc(-n3c4ccccc4c4ccc5c(c6ccccc6n5-c5ccccc5)c43)c2)=NC(c2ccccc2)=NC1c1ccccc1. The van der Waals surface area contributed by atoms with E-state index in [1.165, 1.54) is 43.6 Å². The van der Waals surface area contributed by atoms with E-state index in [2.05, 4.69) is 173 Å². The van der Waals surface area contributed by atoms with Crippen LogP contribution in [0.25, 0.3) is 55.0 Å². The fourth-order valence-electron chi connectivity index (χ4n) is 7.86. The van der Waals surface area contributed by atoms with Crippen molar-refractivity contribution in [2.75, 3.05) is 7.05 Å². The topological polar surface area (TPSA) is 37.8 Å². The largest absolute Gasteiger partial charge is 0.333 e. The van der Waals surface area contributed by atoms with Gasteiger partial charge in [-0.2, -0.15) is 0 Å². The van der Waals surface area contributed by atoms with E-state index >= 15 is 0 Å². The van der Waals surface area contributed by atoms with E-state index < -0.39 is 0 Å². The van der Waals surface area contributed by atoms with Gasteiger partial charge in [-0.3, -0.25) is 0 Å². The summed E-state index contributed by atoms with van der Waals surface area (Å²) in [6.07, 6.45) is -0.213. The molecule has 0 N–H and O–H groups in total. The number of aromatic nitrogens is 2. The third-order valence-electron chi connectivity index (χ3n) is 10.1. The maximum absolute atomic E-state index is 5.23. The first-order valence-corrected chi connectivity index (χ1v) is 17.4. The summed E-state index contributed by atoms with van der Waals surface area (Å²) in [4.78, 5) is 12.6. The highest BCUT2D eigenvalue weighted by molar-refractivity contribution is 6.26. The molecule has 5 nitrogen and oxygen atoms in total. The zero-order valence-electron chi connectivity index (χ0n) is 28.1. The van der Waals surface area contributed by atoms with Crippen LogP contribution in [0.4, 0.5) is 0 Å². The first-order chi connectivity index (χ1) is 25.2. The molecule has 1 unspecified atom stereocenters. The summed E-state index contributed by atoms with van der Waals surface area (Å²) in [6.45, 7) is 0. The Hall–Kier alpha value is -6.72. The van der Waals surface area contributed by atoms with Gasteiger partial charge in [0, 0.05) is 51.1 Å². The molecule has 5 heteroatoms. The maximum atomic E-state index is 5.23. The molecule has 0 amide bonds. The molecule has 9 aromatic rings. The average molecular weight is 656 g/mol. The molecule has 10 rings (SSSR count). The molecule has 51 heavy (non-hydrogen) atoms. The van der Waals surface area contributed by atoms with Gasteiger partial charge in [0.1, 0.15) is 12.0 Å². The van der Waals surface area contributed by atoms with E-state index in [0.717, 1.165) is 39.7 Å². The van der Waals surface area contributed by atoms with Gasteiger partial charge in [-0.1, -0.05) is 133 Å². The van der Waals surface area contributed by atoms with Crippen LogP contribution < -0.4 is 0 Å². The molecule has 0 bridgehead atoms. The molecule has 242 valence electrons. The quantitative estimate of drug-likeness (QED) is 0.182. The molecule has 2 aromatic heterocycles. The molecule has 1 aliphatic heterocycles. The van der Waals surface area contributed by atoms with E-state index in [-0.39, 0.29) is 6.17 Å². The van der Waals surface area contributed by atoms with Gasteiger partial charge in [0.25, 0.3) is 0 Å². The highest BCUT2D eigenvalue weighted by atomic mass is 15.3. The van der Waals surface area contributed by atoms with Gasteiger partial charge in [-0.25, -0.2) is 9.98 Å². The van der Waals surface area contributed by atoms with Gasteiger partial charge in [0.05, 0.1) is 22.1 Å². The molecular weight excluding hydrogens is 623 g/mol. The maximum Gasteiger partial charge on any atom is 0.159 e. The van der Waals surface area contributed by atoms with Crippen molar-refractivity contribution in [3.05, 3.63) is 193 Å². The molecule has 0 saturated heterocycles. The highest BCUT2D eigenvalue weighted by Gasteiger charge is 2.27. The molecule has 3 heterocycles. The molecule has 1 atom stereocenters. The summed E-state index contributed by atoms with van der Waals surface area (Å²) in [7, 11) is 2.09. The minimum absolute atomic E-state index is 0.213. The van der Waals surface area contributed by atoms with Crippen molar-refractivity contribution >= 4 is 55.3 Å². The average Bonchev–Trinajstić information content (AvgIpc) is 3.72. The third kappa shape index (κ3) is 4.62. The summed E-state index contributed by atoms with van der Waals surface area (Å²) >= 11 is 0. The van der Waals surface area contributed by atoms with Crippen molar-refractivity contribution < 1.29 is 0 Å². The van der Waals surface area contributed by atoms with E-state index in [9.17, 15) is 0 Å². The summed E-state index contributed by atoms with van der Waals surface area (Å²) in [5.41, 5.74) is 10.1. The lowest BCUT2D eigenvalue weighted by Gasteiger charge is -2.32. The molecule has 1 aliphatic rings. The van der Waals surface area contributed by atoms with Crippen molar-refractivity contribution in [3.8, 4) is 11.4 Å². The van der Waals surface area contributed by atoms with Crippen LogP contribution in [0.15, 0.2) is 186 Å². The van der Waals surface area contributed by atoms with Crippen molar-refractivity contribution in [1.29, 1.82) is 0 Å². The van der Waals surface area contributed by atoms with Crippen LogP contribution >= 0.6 is 0 Å². The van der Waals surface area contributed by atoms with Gasteiger partial charge in [-0.05, 0) is 48.0 Å². The molecule has 0 fully saturated rings. The lowest BCUT2D eigenvalue weighted by molar-refractivity contribution is 0.383. The fraction of sp³-hybridized carbons (Fsp3) is 0.0435. The first-order valence-electron chi connectivity index (χ1n) is 17.4. The first kappa shape index (κ1) is 29.2. The smallest absolute Gasteiger partial charge is 0.159 e. The number of hydrogen-bond acceptors (Lipinski definition) is 3. The van der Waals surface area contributed by atoms with Gasteiger partial charge in [0.2, 0.25) is 0 Å². The van der Waals surface area contributed by atoms with Gasteiger partial charge >= 0.3 is 0 Å². The molecule has 0 spiro atoms. The Labute approximate surface area is 295 Å². The molecule has 0 saturated carbocycles. The number of para-hydroxylation sites is 3. The highest BCUT2D eigenvalue weighted by Crippen LogP contribution is 2.42. The number of hydrogen-bond donors (Lipinski definition) is 0. The summed E-state index contributed by atoms with van der Waals surface area (Å²) < 4.78 is 4.84. The normalized spacial score (nSPS) is 14.8. The van der Waals surface area contributed by atoms with Gasteiger partial charge in [0.15, 0.2) is 5.84 Å². The Morgan fingerprint density at radius 1 is 0.471 bits per heavy atom. The predicted octanol–water partition coefficient (Wildman–Crippen LogP) is 10.7. The Morgan fingerprint density at radius 2 is 1.08 bits per heavy atom. The number of aliphatic imine (C=N–C) groups is 2. The van der Waals surface area contributed by atoms with Crippen molar-refractivity contribution in [3.63, 3.8) is 0 Å². The Kier molecular flexibility index (Phi) is 6.71. The second kappa shape index (κ2) is 11.7. The summed E-state index contributed by atoms with van der Waals surface area (Å²) in [5, 5.41) is 4.93. The van der Waals surface area contributed by atoms with Crippen LogP contribution in [0.5, 0.6) is 0 Å². The lowest BCUT2D eigenvalue weighted by Crippen LogP contribution is -2.35. The van der Waals surface area contributed by atoms with Crippen LogP contribution in [-0.4, -0.2) is 32.8 Å². The van der Waals surface area contributed by atoms with E-state index in [0.29, 0.717) is 0 Å².